The van der Waals surface area contributed by atoms with Gasteiger partial charge < -0.3 is 4.90 Å². The van der Waals surface area contributed by atoms with Crippen molar-refractivity contribution < 1.29 is 0 Å². The van der Waals surface area contributed by atoms with Gasteiger partial charge in [0.05, 0.1) is 19.1 Å². The lowest BCUT2D eigenvalue weighted by molar-refractivity contribution is 1.21. The summed E-state index contributed by atoms with van der Waals surface area (Å²) in [6.07, 6.45) is 0. The molecule has 16 heavy (non-hydrogen) atoms. The van der Waals surface area contributed by atoms with E-state index in [2.05, 4.69) is 17.0 Å². The predicted octanol–water partition coefficient (Wildman–Crippen LogP) is 2.92. The van der Waals surface area contributed by atoms with Crippen LogP contribution in [0.25, 0.3) is 0 Å². The molecule has 0 bridgehead atoms. The Kier molecular flexibility index (Phi) is 4.45. The zero-order chi connectivity index (χ0) is 10.7. The topological polar surface area (TPSA) is 3.24 Å². The molecule has 0 unspecified atom stereocenters. The maximum atomic E-state index is 6.13. The van der Waals surface area contributed by atoms with Gasteiger partial charge in [-0.1, -0.05) is 41.9 Å². The van der Waals surface area contributed by atoms with E-state index in [4.69, 9.17) is 11.6 Å². The highest BCUT2D eigenvalue weighted by atomic mass is 35.5. The fraction of sp³-hybridized carbons (Fsp3) is 0.0769. The first-order valence-corrected chi connectivity index (χ1v) is 5.20. The van der Waals surface area contributed by atoms with E-state index in [1.807, 2.05) is 49.5 Å². The van der Waals surface area contributed by atoms with Gasteiger partial charge in [-0.2, -0.15) is 0 Å². The number of hydrogen-bond donors (Lipinski definition) is 0. The molecular formula is C13H15BClN. The van der Waals surface area contributed by atoms with Gasteiger partial charge in [0.2, 0.25) is 0 Å². The maximum Gasteiger partial charge on any atom is 0.0814 e. The van der Waals surface area contributed by atoms with Crippen LogP contribution in [0, 0.1) is 0 Å². The molecule has 0 aliphatic heterocycles. The minimum absolute atomic E-state index is 0. The number of para-hydroxylation sites is 2. The molecule has 0 fully saturated rings. The Hall–Kier alpha value is -1.41. The number of rotatable bonds is 2. The Labute approximate surface area is 103 Å². The second-order valence-electron chi connectivity index (χ2n) is 3.35. The van der Waals surface area contributed by atoms with E-state index in [1.165, 1.54) is 0 Å². The van der Waals surface area contributed by atoms with Crippen LogP contribution in [0.15, 0.2) is 54.6 Å². The molecule has 0 saturated heterocycles. The third-order valence-corrected chi connectivity index (χ3v) is 2.68. The highest BCUT2D eigenvalue weighted by Crippen LogP contribution is 2.29. The summed E-state index contributed by atoms with van der Waals surface area (Å²) < 4.78 is 0. The molecule has 0 spiro atoms. The molecule has 0 amide bonds. The van der Waals surface area contributed by atoms with E-state index in [9.17, 15) is 0 Å². The predicted molar refractivity (Wildman–Crippen MR) is 75.9 cm³/mol. The van der Waals surface area contributed by atoms with Crippen LogP contribution in [0.3, 0.4) is 0 Å². The monoisotopic (exact) mass is 231 g/mol. The second kappa shape index (κ2) is 5.62. The third kappa shape index (κ3) is 2.58. The van der Waals surface area contributed by atoms with Crippen LogP contribution in [0.1, 0.15) is 0 Å². The Morgan fingerprint density at radius 1 is 0.875 bits per heavy atom. The first-order chi connectivity index (χ1) is 7.29. The lowest BCUT2D eigenvalue weighted by atomic mass is 10.2. The van der Waals surface area contributed by atoms with Crippen LogP contribution in [0.4, 0.5) is 11.4 Å². The summed E-state index contributed by atoms with van der Waals surface area (Å²) in [5, 5.41) is 0.767. The van der Waals surface area contributed by atoms with Crippen molar-refractivity contribution in [2.24, 2.45) is 0 Å². The molecule has 0 aromatic heterocycles. The van der Waals surface area contributed by atoms with Crippen LogP contribution in [-0.2, 0) is 0 Å². The molecule has 3 heteroatoms. The van der Waals surface area contributed by atoms with Crippen LogP contribution < -0.4 is 4.90 Å². The molecule has 2 aromatic rings. The van der Waals surface area contributed by atoms with Gasteiger partial charge in [-0.15, -0.1) is 0 Å². The number of nitrogens with zero attached hydrogens (tertiary/aromatic N) is 1. The van der Waals surface area contributed by atoms with Gasteiger partial charge in [0.25, 0.3) is 0 Å². The number of benzene rings is 2. The van der Waals surface area contributed by atoms with Gasteiger partial charge in [-0.05, 0) is 24.3 Å². The minimum Gasteiger partial charge on any atom is -0.343 e. The maximum absolute atomic E-state index is 6.13. The molecule has 82 valence electrons. The average molecular weight is 232 g/mol. The zero-order valence-corrected chi connectivity index (χ0v) is 9.28. The van der Waals surface area contributed by atoms with Crippen molar-refractivity contribution in [3.8, 4) is 0 Å². The Bertz CT molecular complexity index is 445. The minimum atomic E-state index is 0. The van der Waals surface area contributed by atoms with E-state index >= 15 is 0 Å². The van der Waals surface area contributed by atoms with Gasteiger partial charge in [0.15, 0.2) is 0 Å². The van der Waals surface area contributed by atoms with Crippen LogP contribution in [0.5, 0.6) is 0 Å². The molecule has 0 atom stereocenters. The van der Waals surface area contributed by atoms with Gasteiger partial charge in [0.1, 0.15) is 0 Å². The molecule has 0 N–H and O–H groups in total. The van der Waals surface area contributed by atoms with E-state index in [1.54, 1.807) is 0 Å². The van der Waals surface area contributed by atoms with E-state index < -0.39 is 0 Å². The number of anilines is 2. The first-order valence-electron chi connectivity index (χ1n) is 4.82. The van der Waals surface area contributed by atoms with E-state index in [0.717, 1.165) is 16.4 Å². The van der Waals surface area contributed by atoms with Gasteiger partial charge in [-0.3, -0.25) is 0 Å². The third-order valence-electron chi connectivity index (χ3n) is 2.36. The average Bonchev–Trinajstić information content (AvgIpc) is 2.30. The summed E-state index contributed by atoms with van der Waals surface area (Å²) in [5.41, 5.74) is 2.15. The molecule has 2 aromatic carbocycles. The fourth-order valence-corrected chi connectivity index (χ4v) is 1.78. The van der Waals surface area contributed by atoms with Crippen molar-refractivity contribution in [2.45, 2.75) is 0 Å². The van der Waals surface area contributed by atoms with Crippen LogP contribution in [-0.4, -0.2) is 15.5 Å². The normalized spacial score (nSPS) is 9.38. The lowest BCUT2D eigenvalue weighted by Gasteiger charge is -2.20. The van der Waals surface area contributed by atoms with Crippen molar-refractivity contribution in [1.82, 2.24) is 0 Å². The molecule has 0 aliphatic rings. The molecule has 0 heterocycles. The summed E-state index contributed by atoms with van der Waals surface area (Å²) >= 11 is 6.13. The second-order valence-corrected chi connectivity index (χ2v) is 3.75. The number of hydrogen-bond acceptors (Lipinski definition) is 1. The molecule has 0 saturated carbocycles. The summed E-state index contributed by atoms with van der Waals surface area (Å²) in [6.45, 7) is 0. The largest absolute Gasteiger partial charge is 0.343 e. The number of halogens is 1. The lowest BCUT2D eigenvalue weighted by Crippen LogP contribution is -2.09. The van der Waals surface area contributed by atoms with Gasteiger partial charge >= 0.3 is 0 Å². The first kappa shape index (κ1) is 12.7. The van der Waals surface area contributed by atoms with Crippen molar-refractivity contribution in [3.63, 3.8) is 0 Å². The molecule has 1 nitrogen and oxygen atoms in total. The van der Waals surface area contributed by atoms with Crippen LogP contribution >= 0.6 is 11.6 Å². The highest BCUT2D eigenvalue weighted by molar-refractivity contribution is 6.33. The van der Waals surface area contributed by atoms with Crippen molar-refractivity contribution in [2.75, 3.05) is 11.9 Å². The molecule has 2 rings (SSSR count). The SMILES string of the molecule is B.CN(c1ccccc1)c1ccccc1Cl. The summed E-state index contributed by atoms with van der Waals surface area (Å²) in [6, 6.07) is 18.0. The molecule has 0 aliphatic carbocycles. The van der Waals surface area contributed by atoms with Gasteiger partial charge in [-0.25, -0.2) is 0 Å². The van der Waals surface area contributed by atoms with Gasteiger partial charge in [0, 0.05) is 12.7 Å². The fourth-order valence-electron chi connectivity index (χ4n) is 1.51. The highest BCUT2D eigenvalue weighted by Gasteiger charge is 2.05. The van der Waals surface area contributed by atoms with Crippen LogP contribution in [0.2, 0.25) is 5.02 Å². The van der Waals surface area contributed by atoms with Crippen molar-refractivity contribution in [3.05, 3.63) is 59.6 Å². The standard InChI is InChI=1S/C13H12ClN.BH3/c1-15(11-7-3-2-4-8-11)13-10-6-5-9-12(13)14;/h2-10H,1H3;1H3. The Morgan fingerprint density at radius 2 is 1.44 bits per heavy atom. The molecule has 0 radical (unpaired) electrons. The zero-order valence-electron chi connectivity index (χ0n) is 8.52. The summed E-state index contributed by atoms with van der Waals surface area (Å²) in [7, 11) is 2.01. The Balaban J connectivity index is 0.00000128. The summed E-state index contributed by atoms with van der Waals surface area (Å²) in [5.74, 6) is 0. The Morgan fingerprint density at radius 3 is 2.06 bits per heavy atom. The van der Waals surface area contributed by atoms with E-state index in [-0.39, 0.29) is 8.41 Å². The molecular weight excluding hydrogens is 216 g/mol. The quantitative estimate of drug-likeness (QED) is 0.719. The summed E-state index contributed by atoms with van der Waals surface area (Å²) in [4.78, 5) is 2.07. The van der Waals surface area contributed by atoms with E-state index in [0.29, 0.717) is 0 Å². The smallest absolute Gasteiger partial charge is 0.0814 e. The van der Waals surface area contributed by atoms with Crippen molar-refractivity contribution in [1.29, 1.82) is 0 Å². The van der Waals surface area contributed by atoms with Crippen molar-refractivity contribution >= 4 is 31.4 Å².